The van der Waals surface area contributed by atoms with Gasteiger partial charge in [-0.25, -0.2) is 0 Å². The van der Waals surface area contributed by atoms with Gasteiger partial charge in [-0.1, -0.05) is 91.0 Å². The summed E-state index contributed by atoms with van der Waals surface area (Å²) >= 11 is 3.47. The maximum atomic E-state index is 13.2. The molecule has 8 rings (SSSR count). The van der Waals surface area contributed by atoms with Gasteiger partial charge in [-0.05, 0) is 113 Å². The van der Waals surface area contributed by atoms with Gasteiger partial charge in [0.05, 0.1) is 38.2 Å². The molecule has 60 heavy (non-hydrogen) atoms. The van der Waals surface area contributed by atoms with Crippen molar-refractivity contribution in [3.63, 3.8) is 0 Å². The highest BCUT2D eigenvalue weighted by molar-refractivity contribution is 9.10. The standard InChI is InChI=1S/C24H17BBrN3O2.C24H19N3O2/c25-20-14-15-21(26)29(20)22-18(23(30)27-16-8-3-1-4-9-16)12-7-13-19(22)24(31)28-17-10-5-2-6-11-17;28-23(25-18-10-3-1-4-11-18)20-14-9-15-21(22(20)27-16-7-8-17-27)24(29)26-19-12-5-2-6-13-19/h1-15H,(H,27,30)(H,28,31);1-17H,(H,25,28)(H,26,29). The van der Waals surface area contributed by atoms with E-state index in [9.17, 15) is 19.2 Å². The van der Waals surface area contributed by atoms with E-state index in [1.165, 1.54) is 0 Å². The molecule has 0 fully saturated rings. The van der Waals surface area contributed by atoms with Crippen molar-refractivity contribution >= 4 is 75.7 Å². The monoisotopic (exact) mass is 850 g/mol. The number of anilines is 4. The van der Waals surface area contributed by atoms with Crippen LogP contribution in [-0.4, -0.2) is 40.6 Å². The molecule has 0 aliphatic rings. The number of benzene rings is 6. The lowest BCUT2D eigenvalue weighted by Gasteiger charge is -2.18. The van der Waals surface area contributed by atoms with E-state index in [4.69, 9.17) is 7.85 Å². The summed E-state index contributed by atoms with van der Waals surface area (Å²) in [5.74, 6) is -1.27. The van der Waals surface area contributed by atoms with Crippen LogP contribution in [0.15, 0.2) is 199 Å². The van der Waals surface area contributed by atoms with Crippen molar-refractivity contribution in [2.24, 2.45) is 0 Å². The third-order valence-electron chi connectivity index (χ3n) is 9.13. The first-order valence-electron chi connectivity index (χ1n) is 18.7. The first-order valence-corrected chi connectivity index (χ1v) is 19.5. The third-order valence-corrected chi connectivity index (χ3v) is 9.75. The van der Waals surface area contributed by atoms with Crippen molar-refractivity contribution in [1.29, 1.82) is 0 Å². The smallest absolute Gasteiger partial charge is 0.257 e. The van der Waals surface area contributed by atoms with Crippen LogP contribution in [0.25, 0.3) is 11.4 Å². The van der Waals surface area contributed by atoms with Crippen LogP contribution in [0.4, 0.5) is 22.7 Å². The molecule has 0 aliphatic carbocycles. The second kappa shape index (κ2) is 19.2. The molecule has 4 N–H and O–H groups in total. The van der Waals surface area contributed by atoms with Gasteiger partial charge in [0.2, 0.25) is 0 Å². The van der Waals surface area contributed by atoms with Crippen molar-refractivity contribution in [1.82, 2.24) is 9.13 Å². The molecule has 0 saturated heterocycles. The minimum Gasteiger partial charge on any atom is -0.322 e. The minimum atomic E-state index is -0.351. The summed E-state index contributed by atoms with van der Waals surface area (Å²) in [5, 5.41) is 11.5. The molecule has 4 amide bonds. The Morgan fingerprint density at radius 1 is 0.383 bits per heavy atom. The third kappa shape index (κ3) is 9.70. The van der Waals surface area contributed by atoms with E-state index in [2.05, 4.69) is 37.2 Å². The Morgan fingerprint density at radius 3 is 1.00 bits per heavy atom. The molecule has 2 heterocycles. The fourth-order valence-electron chi connectivity index (χ4n) is 6.36. The Labute approximate surface area is 356 Å². The molecule has 8 aromatic rings. The predicted octanol–water partition coefficient (Wildman–Crippen LogP) is 9.52. The van der Waals surface area contributed by atoms with Gasteiger partial charge in [0.15, 0.2) is 0 Å². The predicted molar refractivity (Wildman–Crippen MR) is 242 cm³/mol. The molecule has 0 bridgehead atoms. The maximum Gasteiger partial charge on any atom is 0.257 e. The number of hydrogen-bond acceptors (Lipinski definition) is 4. The summed E-state index contributed by atoms with van der Waals surface area (Å²) in [6, 6.07) is 54.0. The zero-order chi connectivity index (χ0) is 41.8. The number of rotatable bonds is 10. The van der Waals surface area contributed by atoms with Gasteiger partial charge < -0.3 is 30.4 Å². The topological polar surface area (TPSA) is 126 Å². The SMILES string of the molecule is O=C(Nc1ccccc1)c1cccc(C(=O)Nc2ccccc2)c1-n1cccc1.[B]c1ccc(Br)n1-c1c(C(=O)Nc2ccccc2)cccc1C(=O)Nc1ccccc1. The molecule has 292 valence electrons. The fraction of sp³-hybridized carbons (Fsp3) is 0. The fourth-order valence-corrected chi connectivity index (χ4v) is 6.88. The molecule has 2 aromatic heterocycles. The Bertz CT molecular complexity index is 2580. The van der Waals surface area contributed by atoms with E-state index in [0.29, 0.717) is 66.6 Å². The summed E-state index contributed by atoms with van der Waals surface area (Å²) in [6.07, 6.45) is 3.63. The summed E-state index contributed by atoms with van der Waals surface area (Å²) < 4.78 is 4.04. The van der Waals surface area contributed by atoms with Crippen LogP contribution >= 0.6 is 15.9 Å². The maximum absolute atomic E-state index is 13.2. The average Bonchev–Trinajstić information content (AvgIpc) is 3.94. The summed E-state index contributed by atoms with van der Waals surface area (Å²) in [5.41, 5.74) is 5.43. The second-order valence-electron chi connectivity index (χ2n) is 13.2. The summed E-state index contributed by atoms with van der Waals surface area (Å²) in [6.45, 7) is 0. The van der Waals surface area contributed by atoms with Crippen LogP contribution in [0.1, 0.15) is 41.4 Å². The van der Waals surface area contributed by atoms with E-state index in [1.54, 1.807) is 81.9 Å². The Morgan fingerprint density at radius 2 is 0.700 bits per heavy atom. The number of nitrogens with zero attached hydrogens (tertiary/aromatic N) is 2. The number of para-hydroxylation sites is 6. The van der Waals surface area contributed by atoms with Gasteiger partial charge in [0.25, 0.3) is 23.6 Å². The average molecular weight is 852 g/mol. The first kappa shape index (κ1) is 40.5. The van der Waals surface area contributed by atoms with Gasteiger partial charge in [0, 0.05) is 35.1 Å². The molecule has 0 saturated carbocycles. The van der Waals surface area contributed by atoms with Crippen LogP contribution in [0, 0.1) is 0 Å². The van der Waals surface area contributed by atoms with Crippen LogP contribution in [0.5, 0.6) is 0 Å². The van der Waals surface area contributed by atoms with E-state index in [1.807, 2.05) is 122 Å². The Kier molecular flexibility index (Phi) is 12.9. The van der Waals surface area contributed by atoms with Gasteiger partial charge in [-0.3, -0.25) is 19.2 Å². The van der Waals surface area contributed by atoms with Crippen molar-refractivity contribution < 1.29 is 19.2 Å². The molecule has 0 atom stereocenters. The van der Waals surface area contributed by atoms with E-state index in [-0.39, 0.29) is 23.6 Å². The minimum absolute atomic E-state index is 0.283. The van der Waals surface area contributed by atoms with Gasteiger partial charge >= 0.3 is 0 Å². The molecule has 0 spiro atoms. The number of amides is 4. The van der Waals surface area contributed by atoms with E-state index < -0.39 is 0 Å². The highest BCUT2D eigenvalue weighted by Gasteiger charge is 2.24. The number of carbonyl (C=O) groups excluding carboxylic acids is 4. The Hall–Kier alpha value is -7.70. The number of carbonyl (C=O) groups is 4. The van der Waals surface area contributed by atoms with E-state index in [0.717, 1.165) is 0 Å². The number of halogens is 1. The second-order valence-corrected chi connectivity index (χ2v) is 14.0. The molecule has 2 radical (unpaired) electrons. The lowest BCUT2D eigenvalue weighted by molar-refractivity contribution is 0.101. The number of nitrogens with one attached hydrogen (secondary N) is 4. The lowest BCUT2D eigenvalue weighted by Crippen LogP contribution is -2.25. The van der Waals surface area contributed by atoms with Gasteiger partial charge in [-0.15, -0.1) is 0 Å². The molecular weight excluding hydrogens is 815 g/mol. The van der Waals surface area contributed by atoms with Crippen LogP contribution in [0.3, 0.4) is 0 Å². The molecule has 12 heteroatoms. The van der Waals surface area contributed by atoms with Crippen LogP contribution in [0.2, 0.25) is 0 Å². The Balaban J connectivity index is 0.000000182. The van der Waals surface area contributed by atoms with Crippen molar-refractivity contribution in [2.45, 2.75) is 0 Å². The van der Waals surface area contributed by atoms with Gasteiger partial charge in [0.1, 0.15) is 7.85 Å². The molecule has 10 nitrogen and oxygen atoms in total. The van der Waals surface area contributed by atoms with E-state index >= 15 is 0 Å². The molecule has 0 aliphatic heterocycles. The normalized spacial score (nSPS) is 10.4. The largest absolute Gasteiger partial charge is 0.322 e. The molecule has 6 aromatic carbocycles. The van der Waals surface area contributed by atoms with Crippen molar-refractivity contribution in [3.8, 4) is 11.4 Å². The lowest BCUT2D eigenvalue weighted by atomic mass is 10.0. The highest BCUT2D eigenvalue weighted by atomic mass is 79.9. The zero-order valence-electron chi connectivity index (χ0n) is 32.0. The van der Waals surface area contributed by atoms with Crippen molar-refractivity contribution in [3.05, 3.63) is 221 Å². The summed E-state index contributed by atoms with van der Waals surface area (Å²) in [7, 11) is 6.19. The summed E-state index contributed by atoms with van der Waals surface area (Å²) in [4.78, 5) is 52.4. The zero-order valence-corrected chi connectivity index (χ0v) is 33.5. The number of hydrogen-bond donors (Lipinski definition) is 4. The first-order chi connectivity index (χ1) is 29.3. The highest BCUT2D eigenvalue weighted by Crippen LogP contribution is 2.27. The quantitative estimate of drug-likeness (QED) is 0.102. The van der Waals surface area contributed by atoms with Crippen LogP contribution < -0.4 is 26.9 Å². The van der Waals surface area contributed by atoms with Crippen molar-refractivity contribution in [2.75, 3.05) is 21.3 Å². The number of aromatic nitrogens is 2. The molecule has 0 unspecified atom stereocenters. The van der Waals surface area contributed by atoms with Crippen LogP contribution in [-0.2, 0) is 0 Å². The van der Waals surface area contributed by atoms with Gasteiger partial charge in [-0.2, -0.15) is 0 Å². The molecular formula is C48H36BBrN6O4.